The Hall–Kier alpha value is -0.340. The quantitative estimate of drug-likeness (QED) is 0.575. The Labute approximate surface area is 94.7 Å². The van der Waals surface area contributed by atoms with Crippen LogP contribution in [0.15, 0.2) is 12.7 Å². The lowest BCUT2D eigenvalue weighted by atomic mass is 10.1. The number of hydrogen-bond acceptors (Lipinski definition) is 2. The molecule has 2 atom stereocenters. The molecule has 0 amide bonds. The van der Waals surface area contributed by atoms with Gasteiger partial charge in [-0.25, -0.2) is 0 Å². The van der Waals surface area contributed by atoms with Crippen molar-refractivity contribution in [3.8, 4) is 0 Å². The number of ether oxygens (including phenoxy) is 2. The Morgan fingerprint density at radius 2 is 1.53 bits per heavy atom. The van der Waals surface area contributed by atoms with Gasteiger partial charge in [0, 0.05) is 0 Å². The maximum absolute atomic E-state index is 5.84. The largest absolute Gasteiger partial charge is 0.373 e. The predicted octanol–water partition coefficient (Wildman–Crippen LogP) is 3.56. The zero-order valence-electron chi connectivity index (χ0n) is 10.8. The molecule has 15 heavy (non-hydrogen) atoms. The Bertz CT molecular complexity index is 164. The SMILES string of the molecule is C=CCCC(OC(C)C)C(C)OC(C)C. The summed E-state index contributed by atoms with van der Waals surface area (Å²) in [6.45, 7) is 14.0. The zero-order valence-corrected chi connectivity index (χ0v) is 10.8. The summed E-state index contributed by atoms with van der Waals surface area (Å²) in [7, 11) is 0. The van der Waals surface area contributed by atoms with E-state index in [2.05, 4.69) is 41.2 Å². The van der Waals surface area contributed by atoms with Crippen molar-refractivity contribution in [3.05, 3.63) is 12.7 Å². The molecule has 0 aromatic heterocycles. The summed E-state index contributed by atoms with van der Waals surface area (Å²) < 4.78 is 11.6. The molecule has 0 heterocycles. The first-order chi connectivity index (χ1) is 6.97. The minimum Gasteiger partial charge on any atom is -0.373 e. The van der Waals surface area contributed by atoms with Gasteiger partial charge in [0.2, 0.25) is 0 Å². The molecule has 0 saturated carbocycles. The van der Waals surface area contributed by atoms with Crippen LogP contribution >= 0.6 is 0 Å². The van der Waals surface area contributed by atoms with Gasteiger partial charge in [-0.3, -0.25) is 0 Å². The monoisotopic (exact) mass is 214 g/mol. The maximum atomic E-state index is 5.84. The highest BCUT2D eigenvalue weighted by atomic mass is 16.5. The van der Waals surface area contributed by atoms with Gasteiger partial charge in [-0.2, -0.15) is 0 Å². The van der Waals surface area contributed by atoms with Crippen molar-refractivity contribution in [2.75, 3.05) is 0 Å². The third-order valence-corrected chi connectivity index (χ3v) is 2.11. The highest BCUT2D eigenvalue weighted by Gasteiger charge is 2.20. The van der Waals surface area contributed by atoms with Gasteiger partial charge in [0.15, 0.2) is 0 Å². The van der Waals surface area contributed by atoms with Crippen molar-refractivity contribution in [1.82, 2.24) is 0 Å². The predicted molar refractivity (Wildman–Crippen MR) is 65.1 cm³/mol. The van der Waals surface area contributed by atoms with E-state index in [0.29, 0.717) is 0 Å². The van der Waals surface area contributed by atoms with Crippen LogP contribution in [0.5, 0.6) is 0 Å². The molecular weight excluding hydrogens is 188 g/mol. The first kappa shape index (κ1) is 14.7. The van der Waals surface area contributed by atoms with Crippen LogP contribution in [0.25, 0.3) is 0 Å². The molecule has 90 valence electrons. The van der Waals surface area contributed by atoms with Gasteiger partial charge in [0.05, 0.1) is 24.4 Å². The maximum Gasteiger partial charge on any atom is 0.0840 e. The molecular formula is C13H26O2. The van der Waals surface area contributed by atoms with Crippen molar-refractivity contribution in [2.24, 2.45) is 0 Å². The second kappa shape index (κ2) is 7.89. The topological polar surface area (TPSA) is 18.5 Å². The Morgan fingerprint density at radius 1 is 1.00 bits per heavy atom. The van der Waals surface area contributed by atoms with Crippen LogP contribution in [0.1, 0.15) is 47.5 Å². The fourth-order valence-corrected chi connectivity index (χ4v) is 1.56. The lowest BCUT2D eigenvalue weighted by Crippen LogP contribution is -2.33. The molecule has 0 N–H and O–H groups in total. The smallest absolute Gasteiger partial charge is 0.0840 e. The van der Waals surface area contributed by atoms with Gasteiger partial charge in [-0.05, 0) is 47.5 Å². The summed E-state index contributed by atoms with van der Waals surface area (Å²) in [5.74, 6) is 0. The number of hydrogen-bond donors (Lipinski definition) is 0. The van der Waals surface area contributed by atoms with E-state index >= 15 is 0 Å². The van der Waals surface area contributed by atoms with E-state index < -0.39 is 0 Å². The van der Waals surface area contributed by atoms with E-state index in [-0.39, 0.29) is 24.4 Å². The van der Waals surface area contributed by atoms with Gasteiger partial charge in [0.25, 0.3) is 0 Å². The van der Waals surface area contributed by atoms with Crippen LogP contribution in [0.4, 0.5) is 0 Å². The molecule has 0 rings (SSSR count). The lowest BCUT2D eigenvalue weighted by Gasteiger charge is -2.27. The van der Waals surface area contributed by atoms with Crippen molar-refractivity contribution in [1.29, 1.82) is 0 Å². The van der Waals surface area contributed by atoms with Crippen LogP contribution < -0.4 is 0 Å². The Balaban J connectivity index is 4.12. The van der Waals surface area contributed by atoms with Gasteiger partial charge in [0.1, 0.15) is 0 Å². The lowest BCUT2D eigenvalue weighted by molar-refractivity contribution is -0.104. The van der Waals surface area contributed by atoms with Gasteiger partial charge in [-0.15, -0.1) is 6.58 Å². The van der Waals surface area contributed by atoms with Crippen molar-refractivity contribution < 1.29 is 9.47 Å². The molecule has 2 heteroatoms. The second-order valence-electron chi connectivity index (χ2n) is 4.48. The van der Waals surface area contributed by atoms with Crippen LogP contribution in [-0.2, 0) is 9.47 Å². The van der Waals surface area contributed by atoms with E-state index in [4.69, 9.17) is 9.47 Å². The van der Waals surface area contributed by atoms with Gasteiger partial charge in [-0.1, -0.05) is 6.08 Å². The molecule has 0 spiro atoms. The average molecular weight is 214 g/mol. The molecule has 0 radical (unpaired) electrons. The average Bonchev–Trinajstić information content (AvgIpc) is 2.10. The number of allylic oxidation sites excluding steroid dienone is 1. The van der Waals surface area contributed by atoms with Crippen LogP contribution in [-0.4, -0.2) is 24.4 Å². The highest BCUT2D eigenvalue weighted by Crippen LogP contribution is 2.14. The first-order valence-corrected chi connectivity index (χ1v) is 5.89. The molecule has 0 aromatic rings. The van der Waals surface area contributed by atoms with E-state index in [9.17, 15) is 0 Å². The van der Waals surface area contributed by atoms with Gasteiger partial charge < -0.3 is 9.47 Å². The molecule has 0 aromatic carbocycles. The minimum absolute atomic E-state index is 0.146. The molecule has 0 saturated heterocycles. The first-order valence-electron chi connectivity index (χ1n) is 5.89. The Kier molecular flexibility index (Phi) is 7.71. The van der Waals surface area contributed by atoms with Crippen LogP contribution in [0.3, 0.4) is 0 Å². The summed E-state index contributed by atoms with van der Waals surface area (Å²) >= 11 is 0. The summed E-state index contributed by atoms with van der Waals surface area (Å²) in [5.41, 5.74) is 0. The zero-order chi connectivity index (χ0) is 11.8. The molecule has 0 aliphatic rings. The van der Waals surface area contributed by atoms with E-state index in [1.54, 1.807) is 0 Å². The van der Waals surface area contributed by atoms with Crippen molar-refractivity contribution in [3.63, 3.8) is 0 Å². The molecule has 0 bridgehead atoms. The minimum atomic E-state index is 0.146. The standard InChI is InChI=1S/C13H26O2/c1-7-8-9-13(15-11(4)5)12(6)14-10(2)3/h7,10-13H,1,8-9H2,2-6H3. The van der Waals surface area contributed by atoms with Gasteiger partial charge >= 0.3 is 0 Å². The van der Waals surface area contributed by atoms with Crippen molar-refractivity contribution >= 4 is 0 Å². The number of rotatable bonds is 8. The van der Waals surface area contributed by atoms with Crippen LogP contribution in [0.2, 0.25) is 0 Å². The highest BCUT2D eigenvalue weighted by molar-refractivity contribution is 4.74. The summed E-state index contributed by atoms with van der Waals surface area (Å²) in [6.07, 6.45) is 4.70. The molecule has 0 aliphatic carbocycles. The normalized spacial score (nSPS) is 15.7. The second-order valence-corrected chi connectivity index (χ2v) is 4.48. The summed E-state index contributed by atoms with van der Waals surface area (Å²) in [6, 6.07) is 0. The third-order valence-electron chi connectivity index (χ3n) is 2.11. The van der Waals surface area contributed by atoms with Crippen LogP contribution in [0, 0.1) is 0 Å². The van der Waals surface area contributed by atoms with Crippen molar-refractivity contribution in [2.45, 2.75) is 71.9 Å². The molecule has 2 nitrogen and oxygen atoms in total. The summed E-state index contributed by atoms with van der Waals surface area (Å²) in [4.78, 5) is 0. The summed E-state index contributed by atoms with van der Waals surface area (Å²) in [5, 5.41) is 0. The fraction of sp³-hybridized carbons (Fsp3) is 0.846. The fourth-order valence-electron chi connectivity index (χ4n) is 1.56. The van der Waals surface area contributed by atoms with E-state index in [0.717, 1.165) is 12.8 Å². The molecule has 0 fully saturated rings. The molecule has 0 aliphatic heterocycles. The van der Waals surface area contributed by atoms with E-state index in [1.165, 1.54) is 0 Å². The molecule has 2 unspecified atom stereocenters. The van der Waals surface area contributed by atoms with E-state index in [1.807, 2.05) is 6.08 Å². The third kappa shape index (κ3) is 7.57. The Morgan fingerprint density at radius 3 is 1.93 bits per heavy atom.